The van der Waals surface area contributed by atoms with Crippen molar-refractivity contribution in [3.05, 3.63) is 28.2 Å². The van der Waals surface area contributed by atoms with Crippen LogP contribution < -0.4 is 11.1 Å². The van der Waals surface area contributed by atoms with Gasteiger partial charge in [0, 0.05) is 4.47 Å². The third-order valence-corrected chi connectivity index (χ3v) is 3.47. The predicted molar refractivity (Wildman–Crippen MR) is 75.4 cm³/mol. The first-order chi connectivity index (χ1) is 8.84. The molecule has 7 heteroatoms. The Kier molecular flexibility index (Phi) is 4.77. The summed E-state index contributed by atoms with van der Waals surface area (Å²) < 4.78 is 0.663. The Hall–Kier alpha value is -1.76. The molecular weight excluding hydrogens is 314 g/mol. The zero-order chi connectivity index (χ0) is 14.6. The van der Waals surface area contributed by atoms with Crippen LogP contribution in [0.3, 0.4) is 0 Å². The van der Waals surface area contributed by atoms with E-state index >= 15 is 0 Å². The van der Waals surface area contributed by atoms with Gasteiger partial charge in [-0.3, -0.25) is 4.79 Å². The summed E-state index contributed by atoms with van der Waals surface area (Å²) in [5.74, 6) is -0.745. The number of nitrogens with zero attached hydrogens (tertiary/aromatic N) is 1. The molecule has 6 nitrogen and oxygen atoms in total. The minimum atomic E-state index is -0.981. The number of amidine groups is 1. The number of hydrogen-bond donors (Lipinski definition) is 4. The number of aromatic hydroxyl groups is 1. The summed E-state index contributed by atoms with van der Waals surface area (Å²) in [6.45, 7) is 3.43. The Morgan fingerprint density at radius 2 is 2.21 bits per heavy atom. The molecule has 1 rings (SSSR count). The third kappa shape index (κ3) is 3.37. The zero-order valence-corrected chi connectivity index (χ0v) is 12.2. The Balaban J connectivity index is 3.02. The molecule has 5 N–H and O–H groups in total. The summed E-state index contributed by atoms with van der Waals surface area (Å²) in [7, 11) is 0. The second kappa shape index (κ2) is 5.92. The van der Waals surface area contributed by atoms with Crippen LogP contribution in [0.4, 0.5) is 0 Å². The van der Waals surface area contributed by atoms with Crippen molar-refractivity contribution in [3.63, 3.8) is 0 Å². The van der Waals surface area contributed by atoms with Crippen molar-refractivity contribution in [3.8, 4) is 5.75 Å². The fourth-order valence-corrected chi connectivity index (χ4v) is 1.81. The number of carbonyl (C=O) groups is 1. The molecule has 1 aromatic rings. The molecule has 1 amide bonds. The second-order valence-corrected chi connectivity index (χ2v) is 5.20. The number of hydrogen-bond acceptors (Lipinski definition) is 4. The van der Waals surface area contributed by atoms with Crippen molar-refractivity contribution in [1.82, 2.24) is 5.32 Å². The molecule has 0 aliphatic rings. The topological polar surface area (TPSA) is 108 Å². The van der Waals surface area contributed by atoms with Gasteiger partial charge in [-0.05, 0) is 31.5 Å². The van der Waals surface area contributed by atoms with Crippen molar-refractivity contribution in [1.29, 1.82) is 0 Å². The van der Waals surface area contributed by atoms with Crippen LogP contribution in [0.2, 0.25) is 0 Å². The van der Waals surface area contributed by atoms with Crippen LogP contribution in [-0.2, 0) is 0 Å². The molecule has 1 atom stereocenters. The number of nitrogens with one attached hydrogen (secondary N) is 1. The maximum atomic E-state index is 12.1. The standard InChI is InChI=1S/C12H16BrN3O3/c1-3-12(2,11(14)16-19)15-10(18)8-5-4-7(13)6-9(8)17/h4-6,17,19H,3H2,1-2H3,(H2,14,16)(H,15,18). The molecule has 0 bridgehead atoms. The Morgan fingerprint density at radius 1 is 1.58 bits per heavy atom. The van der Waals surface area contributed by atoms with Crippen molar-refractivity contribution >= 4 is 27.7 Å². The largest absolute Gasteiger partial charge is 0.507 e. The lowest BCUT2D eigenvalue weighted by Gasteiger charge is -2.28. The molecule has 0 aliphatic heterocycles. The van der Waals surface area contributed by atoms with Crippen LogP contribution in [0.5, 0.6) is 5.75 Å². The highest BCUT2D eigenvalue weighted by molar-refractivity contribution is 9.10. The lowest BCUT2D eigenvalue weighted by Crippen LogP contribution is -2.55. The molecule has 0 fully saturated rings. The molecule has 1 aromatic carbocycles. The highest BCUT2D eigenvalue weighted by Crippen LogP contribution is 2.23. The summed E-state index contributed by atoms with van der Waals surface area (Å²) in [5, 5.41) is 24.0. The van der Waals surface area contributed by atoms with Gasteiger partial charge < -0.3 is 21.4 Å². The summed E-state index contributed by atoms with van der Waals surface area (Å²) >= 11 is 3.19. The molecule has 104 valence electrons. The van der Waals surface area contributed by atoms with Gasteiger partial charge in [0.05, 0.1) is 11.1 Å². The number of phenolic OH excluding ortho intramolecular Hbond substituents is 1. The van der Waals surface area contributed by atoms with Crippen LogP contribution in [0.1, 0.15) is 30.6 Å². The monoisotopic (exact) mass is 329 g/mol. The first kappa shape index (κ1) is 15.3. The van der Waals surface area contributed by atoms with Gasteiger partial charge >= 0.3 is 0 Å². The highest BCUT2D eigenvalue weighted by atomic mass is 79.9. The number of nitrogens with two attached hydrogens (primary N) is 1. The smallest absolute Gasteiger partial charge is 0.255 e. The Morgan fingerprint density at radius 3 is 2.68 bits per heavy atom. The number of benzene rings is 1. The summed E-state index contributed by atoms with van der Waals surface area (Å²) in [6, 6.07) is 4.54. The van der Waals surface area contributed by atoms with Gasteiger partial charge in [-0.1, -0.05) is 28.0 Å². The van der Waals surface area contributed by atoms with Gasteiger partial charge in [0.15, 0.2) is 5.84 Å². The lowest BCUT2D eigenvalue weighted by molar-refractivity contribution is 0.0922. The first-order valence-corrected chi connectivity index (χ1v) is 6.42. The molecule has 19 heavy (non-hydrogen) atoms. The van der Waals surface area contributed by atoms with Crippen LogP contribution in [-0.4, -0.2) is 27.6 Å². The van der Waals surface area contributed by atoms with E-state index in [1.807, 2.05) is 0 Å². The molecule has 1 unspecified atom stereocenters. The average Bonchev–Trinajstić information content (AvgIpc) is 2.37. The van der Waals surface area contributed by atoms with E-state index in [9.17, 15) is 9.90 Å². The van der Waals surface area contributed by atoms with Crippen LogP contribution in [0.15, 0.2) is 27.8 Å². The number of halogens is 1. The van der Waals surface area contributed by atoms with E-state index in [4.69, 9.17) is 10.9 Å². The van der Waals surface area contributed by atoms with Crippen molar-refractivity contribution < 1.29 is 15.1 Å². The molecule has 0 aliphatic carbocycles. The normalized spacial score (nSPS) is 14.8. The van der Waals surface area contributed by atoms with Gasteiger partial charge in [0.2, 0.25) is 0 Å². The fraction of sp³-hybridized carbons (Fsp3) is 0.333. The van der Waals surface area contributed by atoms with E-state index in [1.165, 1.54) is 12.1 Å². The Labute approximate surface area is 119 Å². The SMILES string of the molecule is CCC(C)(NC(=O)c1ccc(Br)cc1O)C(N)=NO. The van der Waals surface area contributed by atoms with Gasteiger partial charge in [-0.2, -0.15) is 0 Å². The maximum Gasteiger partial charge on any atom is 0.255 e. The van der Waals surface area contributed by atoms with Gasteiger partial charge in [-0.25, -0.2) is 0 Å². The molecule has 0 spiro atoms. The minimum Gasteiger partial charge on any atom is -0.507 e. The van der Waals surface area contributed by atoms with E-state index < -0.39 is 11.4 Å². The van der Waals surface area contributed by atoms with E-state index in [2.05, 4.69) is 26.4 Å². The zero-order valence-electron chi connectivity index (χ0n) is 10.6. The maximum absolute atomic E-state index is 12.1. The minimum absolute atomic E-state index is 0.0973. The number of phenols is 1. The van der Waals surface area contributed by atoms with Crippen LogP contribution in [0, 0.1) is 0 Å². The quantitative estimate of drug-likeness (QED) is 0.292. The van der Waals surface area contributed by atoms with E-state index in [1.54, 1.807) is 19.9 Å². The predicted octanol–water partition coefficient (Wildman–Crippen LogP) is 1.80. The van der Waals surface area contributed by atoms with E-state index in [0.29, 0.717) is 10.9 Å². The number of amides is 1. The fourth-order valence-electron chi connectivity index (χ4n) is 1.46. The Bertz CT molecular complexity index is 519. The second-order valence-electron chi connectivity index (χ2n) is 4.29. The summed E-state index contributed by atoms with van der Waals surface area (Å²) in [5.41, 5.74) is 4.70. The average molecular weight is 330 g/mol. The molecular formula is C12H16BrN3O3. The summed E-state index contributed by atoms with van der Waals surface area (Å²) in [6.07, 6.45) is 0.436. The van der Waals surface area contributed by atoms with Gasteiger partial charge in [0.25, 0.3) is 5.91 Å². The molecule has 0 aromatic heterocycles. The number of carbonyl (C=O) groups excluding carboxylic acids is 1. The third-order valence-electron chi connectivity index (χ3n) is 2.97. The molecule has 0 saturated carbocycles. The van der Waals surface area contributed by atoms with E-state index in [-0.39, 0.29) is 17.1 Å². The van der Waals surface area contributed by atoms with E-state index in [0.717, 1.165) is 0 Å². The molecule has 0 saturated heterocycles. The summed E-state index contributed by atoms with van der Waals surface area (Å²) in [4.78, 5) is 12.1. The van der Waals surface area contributed by atoms with Crippen molar-refractivity contribution in [2.75, 3.05) is 0 Å². The first-order valence-electron chi connectivity index (χ1n) is 5.63. The number of rotatable bonds is 4. The van der Waals surface area contributed by atoms with Gasteiger partial charge in [-0.15, -0.1) is 0 Å². The lowest BCUT2D eigenvalue weighted by atomic mass is 9.96. The number of oxime groups is 1. The highest BCUT2D eigenvalue weighted by Gasteiger charge is 2.30. The van der Waals surface area contributed by atoms with Crippen LogP contribution in [0.25, 0.3) is 0 Å². The van der Waals surface area contributed by atoms with Crippen molar-refractivity contribution in [2.45, 2.75) is 25.8 Å². The van der Waals surface area contributed by atoms with Gasteiger partial charge in [0.1, 0.15) is 5.75 Å². The van der Waals surface area contributed by atoms with Crippen molar-refractivity contribution in [2.24, 2.45) is 10.9 Å². The van der Waals surface area contributed by atoms with Crippen LogP contribution >= 0.6 is 15.9 Å². The molecule has 0 heterocycles. The molecule has 0 radical (unpaired) electrons.